The highest BCUT2D eigenvalue weighted by molar-refractivity contribution is 5.86. The van der Waals surface area contributed by atoms with Crippen molar-refractivity contribution in [2.24, 2.45) is 0 Å². The molecule has 20 heavy (non-hydrogen) atoms. The monoisotopic (exact) mass is 267 g/mol. The second-order valence-electron chi connectivity index (χ2n) is 4.41. The Labute approximate surface area is 117 Å². The molecule has 3 aromatic rings. The molecule has 3 rings (SSSR count). The topological polar surface area (TPSA) is 29.8 Å². The van der Waals surface area contributed by atoms with E-state index >= 15 is 0 Å². The predicted molar refractivity (Wildman–Crippen MR) is 79.2 cm³/mol. The van der Waals surface area contributed by atoms with Crippen molar-refractivity contribution in [1.82, 2.24) is 0 Å². The van der Waals surface area contributed by atoms with Gasteiger partial charge in [0.2, 0.25) is 0 Å². The van der Waals surface area contributed by atoms with Crippen LogP contribution in [0.4, 0.5) is 0 Å². The molecular formula is C17H15O3+. The van der Waals surface area contributed by atoms with Crippen LogP contribution in [-0.4, -0.2) is 14.2 Å². The number of methoxy groups -OCH3 is 2. The summed E-state index contributed by atoms with van der Waals surface area (Å²) in [5.41, 5.74) is 1.78. The van der Waals surface area contributed by atoms with E-state index in [1.54, 1.807) is 14.2 Å². The van der Waals surface area contributed by atoms with Gasteiger partial charge in [0, 0.05) is 12.1 Å². The van der Waals surface area contributed by atoms with Crippen molar-refractivity contribution in [3.8, 4) is 22.8 Å². The summed E-state index contributed by atoms with van der Waals surface area (Å²) in [4.78, 5) is 0. The molecule has 0 saturated carbocycles. The third-order valence-corrected chi connectivity index (χ3v) is 3.21. The molecule has 2 aromatic carbocycles. The van der Waals surface area contributed by atoms with Crippen molar-refractivity contribution < 1.29 is 13.9 Å². The molecule has 0 spiro atoms. The fourth-order valence-electron chi connectivity index (χ4n) is 2.18. The van der Waals surface area contributed by atoms with E-state index in [0.29, 0.717) is 5.75 Å². The van der Waals surface area contributed by atoms with Crippen molar-refractivity contribution in [2.45, 2.75) is 0 Å². The number of rotatable bonds is 3. The first kappa shape index (κ1) is 12.5. The summed E-state index contributed by atoms with van der Waals surface area (Å²) in [6.07, 6.45) is 0. The molecule has 3 nitrogen and oxygen atoms in total. The lowest BCUT2D eigenvalue weighted by molar-refractivity contribution is 0.396. The van der Waals surface area contributed by atoms with Crippen LogP contribution in [0.2, 0.25) is 0 Å². The van der Waals surface area contributed by atoms with E-state index in [4.69, 9.17) is 13.9 Å². The van der Waals surface area contributed by atoms with Crippen molar-refractivity contribution in [2.75, 3.05) is 14.2 Å². The molecular weight excluding hydrogens is 252 g/mol. The lowest BCUT2D eigenvalue weighted by Gasteiger charge is -2.04. The van der Waals surface area contributed by atoms with Crippen LogP contribution < -0.4 is 9.47 Å². The molecule has 100 valence electrons. The van der Waals surface area contributed by atoms with Gasteiger partial charge in [-0.3, -0.25) is 0 Å². The average Bonchev–Trinajstić information content (AvgIpc) is 2.54. The first-order valence-corrected chi connectivity index (χ1v) is 6.36. The highest BCUT2D eigenvalue weighted by atomic mass is 16.5. The molecule has 0 radical (unpaired) electrons. The van der Waals surface area contributed by atoms with Crippen molar-refractivity contribution >= 4 is 11.0 Å². The molecule has 0 aliphatic carbocycles. The second kappa shape index (κ2) is 5.21. The van der Waals surface area contributed by atoms with Gasteiger partial charge in [-0.05, 0) is 18.2 Å². The van der Waals surface area contributed by atoms with Gasteiger partial charge in [0.15, 0.2) is 0 Å². The first-order chi connectivity index (χ1) is 9.81. The van der Waals surface area contributed by atoms with Crippen LogP contribution in [0.5, 0.6) is 11.5 Å². The number of hydrogen-bond acceptors (Lipinski definition) is 2. The Morgan fingerprint density at radius 3 is 2.35 bits per heavy atom. The van der Waals surface area contributed by atoms with Gasteiger partial charge in [0.05, 0.1) is 25.8 Å². The summed E-state index contributed by atoms with van der Waals surface area (Å²) in [6, 6.07) is 17.7. The van der Waals surface area contributed by atoms with E-state index in [1.165, 1.54) is 0 Å². The minimum Gasteiger partial charge on any atom is -0.496 e. The Bertz CT molecular complexity index is 736. The van der Waals surface area contributed by atoms with E-state index in [2.05, 4.69) is 0 Å². The minimum absolute atomic E-state index is 0.711. The summed E-state index contributed by atoms with van der Waals surface area (Å²) in [7, 11) is 3.26. The van der Waals surface area contributed by atoms with Gasteiger partial charge in [-0.2, -0.15) is 0 Å². The zero-order valence-corrected chi connectivity index (χ0v) is 11.4. The molecule has 0 saturated heterocycles. The smallest absolute Gasteiger partial charge is 0.368 e. The molecule has 0 aliphatic heterocycles. The van der Waals surface area contributed by atoms with E-state index < -0.39 is 0 Å². The third kappa shape index (κ3) is 2.18. The van der Waals surface area contributed by atoms with Gasteiger partial charge >= 0.3 is 11.3 Å². The number of fused-ring (bicyclic) bond motifs is 1. The summed E-state index contributed by atoms with van der Waals surface area (Å²) >= 11 is 0. The lowest BCUT2D eigenvalue weighted by Crippen LogP contribution is -1.89. The first-order valence-electron chi connectivity index (χ1n) is 6.36. The Balaban J connectivity index is 2.20. The number of hydrogen-bond donors (Lipinski definition) is 0. The van der Waals surface area contributed by atoms with Crippen LogP contribution in [0, 0.1) is 0 Å². The second-order valence-corrected chi connectivity index (χ2v) is 4.41. The third-order valence-electron chi connectivity index (χ3n) is 3.21. The summed E-state index contributed by atoms with van der Waals surface area (Å²) < 4.78 is 16.6. The van der Waals surface area contributed by atoms with Crippen LogP contribution >= 0.6 is 0 Å². The van der Waals surface area contributed by atoms with E-state index in [1.807, 2.05) is 54.6 Å². The standard InChI is InChI=1S/C17H15O3/c1-18-13-10-16(19-2)14-8-9-15(20-17(14)11-13)12-6-4-3-5-7-12/h3-11H,1-2H3/q+1. The Morgan fingerprint density at radius 1 is 0.850 bits per heavy atom. The van der Waals surface area contributed by atoms with Crippen molar-refractivity contribution in [1.29, 1.82) is 0 Å². The van der Waals surface area contributed by atoms with Crippen LogP contribution in [-0.2, 0) is 0 Å². The van der Waals surface area contributed by atoms with Gasteiger partial charge in [-0.25, -0.2) is 4.42 Å². The number of ether oxygens (including phenoxy) is 2. The van der Waals surface area contributed by atoms with Gasteiger partial charge in [-0.15, -0.1) is 0 Å². The normalized spacial score (nSPS) is 10.5. The SMILES string of the molecule is COc1cc(OC)c2ccc(-c3ccccc3)[o+]c2c1. The van der Waals surface area contributed by atoms with Crippen LogP contribution in [0.1, 0.15) is 0 Å². The Morgan fingerprint density at radius 2 is 1.65 bits per heavy atom. The highest BCUT2D eigenvalue weighted by Crippen LogP contribution is 2.33. The van der Waals surface area contributed by atoms with Crippen LogP contribution in [0.3, 0.4) is 0 Å². The van der Waals surface area contributed by atoms with E-state index in [0.717, 1.165) is 28.0 Å². The van der Waals surface area contributed by atoms with E-state index in [9.17, 15) is 0 Å². The summed E-state index contributed by atoms with van der Waals surface area (Å²) in [6.45, 7) is 0. The molecule has 0 unspecified atom stereocenters. The molecule has 0 fully saturated rings. The van der Waals surface area contributed by atoms with Gasteiger partial charge in [0.1, 0.15) is 16.9 Å². The minimum atomic E-state index is 0.711. The Kier molecular flexibility index (Phi) is 3.25. The maximum absolute atomic E-state index is 5.97. The Hall–Kier alpha value is -2.55. The van der Waals surface area contributed by atoms with Gasteiger partial charge in [-0.1, -0.05) is 18.2 Å². The number of benzene rings is 2. The van der Waals surface area contributed by atoms with Gasteiger partial charge in [0.25, 0.3) is 0 Å². The quantitative estimate of drug-likeness (QED) is 0.659. The molecule has 3 heteroatoms. The zero-order valence-electron chi connectivity index (χ0n) is 11.4. The van der Waals surface area contributed by atoms with Gasteiger partial charge < -0.3 is 9.47 Å². The van der Waals surface area contributed by atoms with Crippen molar-refractivity contribution in [3.05, 3.63) is 54.6 Å². The average molecular weight is 267 g/mol. The molecule has 1 aromatic heterocycles. The summed E-state index contributed by atoms with van der Waals surface area (Å²) in [5, 5.41) is 0.924. The zero-order chi connectivity index (χ0) is 13.9. The fraction of sp³-hybridized carbons (Fsp3) is 0.118. The van der Waals surface area contributed by atoms with Crippen molar-refractivity contribution in [3.63, 3.8) is 0 Å². The molecule has 1 heterocycles. The predicted octanol–water partition coefficient (Wildman–Crippen LogP) is 4.40. The highest BCUT2D eigenvalue weighted by Gasteiger charge is 2.18. The molecule has 0 N–H and O–H groups in total. The van der Waals surface area contributed by atoms with E-state index in [-0.39, 0.29) is 0 Å². The summed E-state index contributed by atoms with van der Waals surface area (Å²) in [5.74, 6) is 2.26. The molecule has 0 aliphatic rings. The fourth-order valence-corrected chi connectivity index (χ4v) is 2.18. The maximum Gasteiger partial charge on any atom is 0.368 e. The maximum atomic E-state index is 5.97. The lowest BCUT2D eigenvalue weighted by atomic mass is 10.1. The molecule has 0 amide bonds. The van der Waals surface area contributed by atoms with Crippen LogP contribution in [0.15, 0.2) is 59.0 Å². The molecule has 0 atom stereocenters. The largest absolute Gasteiger partial charge is 0.496 e. The van der Waals surface area contributed by atoms with Crippen LogP contribution in [0.25, 0.3) is 22.3 Å². The molecule has 0 bridgehead atoms.